The lowest BCUT2D eigenvalue weighted by molar-refractivity contribution is -0.116. The molecule has 1 amide bonds. The number of carbonyl (C=O) groups is 1. The molecule has 0 saturated carbocycles. The van der Waals surface area contributed by atoms with Gasteiger partial charge in [-0.1, -0.05) is 48.0 Å². The molecule has 0 bridgehead atoms. The second-order valence-corrected chi connectivity index (χ2v) is 5.24. The SMILES string of the molecule is O=C1Cn2c(c(Cl)c3ccccc32)-c2ccccc2N1. The van der Waals surface area contributed by atoms with Crippen molar-refractivity contribution in [2.75, 3.05) is 5.32 Å². The molecule has 0 aliphatic carbocycles. The highest BCUT2D eigenvalue weighted by atomic mass is 35.5. The van der Waals surface area contributed by atoms with Gasteiger partial charge in [-0.15, -0.1) is 0 Å². The maximum Gasteiger partial charge on any atom is 0.244 e. The fraction of sp³-hybridized carbons (Fsp3) is 0.0625. The third-order valence-corrected chi connectivity index (χ3v) is 4.05. The number of amides is 1. The van der Waals surface area contributed by atoms with Gasteiger partial charge in [-0.2, -0.15) is 0 Å². The Morgan fingerprint density at radius 3 is 2.70 bits per heavy atom. The Bertz CT molecular complexity index is 851. The Labute approximate surface area is 120 Å². The lowest BCUT2D eigenvalue weighted by Gasteiger charge is -2.07. The van der Waals surface area contributed by atoms with Crippen LogP contribution in [0.2, 0.25) is 5.02 Å². The Morgan fingerprint density at radius 2 is 1.80 bits per heavy atom. The second kappa shape index (κ2) is 4.12. The van der Waals surface area contributed by atoms with Crippen LogP contribution in [0.5, 0.6) is 0 Å². The number of hydrogen-bond acceptors (Lipinski definition) is 1. The van der Waals surface area contributed by atoms with Gasteiger partial charge < -0.3 is 9.88 Å². The largest absolute Gasteiger partial charge is 0.330 e. The van der Waals surface area contributed by atoms with Crippen LogP contribution in [0.15, 0.2) is 48.5 Å². The molecule has 3 nitrogen and oxygen atoms in total. The van der Waals surface area contributed by atoms with Crippen LogP contribution in [-0.2, 0) is 11.3 Å². The summed E-state index contributed by atoms with van der Waals surface area (Å²) in [6, 6.07) is 15.6. The van der Waals surface area contributed by atoms with Crippen molar-refractivity contribution in [2.24, 2.45) is 0 Å². The summed E-state index contributed by atoms with van der Waals surface area (Å²) in [6.45, 7) is 0.275. The van der Waals surface area contributed by atoms with Crippen molar-refractivity contribution in [2.45, 2.75) is 6.54 Å². The average Bonchev–Trinajstić information content (AvgIpc) is 2.64. The van der Waals surface area contributed by atoms with Crippen LogP contribution in [-0.4, -0.2) is 10.5 Å². The quantitative estimate of drug-likeness (QED) is 0.666. The van der Waals surface area contributed by atoms with Crippen molar-refractivity contribution in [3.8, 4) is 11.3 Å². The molecule has 1 aromatic heterocycles. The number of nitrogens with zero attached hydrogens (tertiary/aromatic N) is 1. The number of rotatable bonds is 0. The number of fused-ring (bicyclic) bond motifs is 5. The molecule has 4 heteroatoms. The summed E-state index contributed by atoms with van der Waals surface area (Å²) in [6.07, 6.45) is 0. The van der Waals surface area contributed by atoms with Gasteiger partial charge in [0, 0.05) is 10.9 Å². The zero-order valence-electron chi connectivity index (χ0n) is 10.6. The summed E-state index contributed by atoms with van der Waals surface area (Å²) in [7, 11) is 0. The molecule has 20 heavy (non-hydrogen) atoms. The van der Waals surface area contributed by atoms with E-state index >= 15 is 0 Å². The van der Waals surface area contributed by atoms with Gasteiger partial charge in [0.25, 0.3) is 0 Å². The summed E-state index contributed by atoms with van der Waals surface area (Å²) in [5.74, 6) is -0.0337. The first-order chi connectivity index (χ1) is 9.75. The van der Waals surface area contributed by atoms with Crippen molar-refractivity contribution in [3.05, 3.63) is 53.6 Å². The third-order valence-electron chi connectivity index (χ3n) is 3.67. The van der Waals surface area contributed by atoms with Crippen LogP contribution in [0.1, 0.15) is 0 Å². The molecule has 0 saturated heterocycles. The first kappa shape index (κ1) is 11.6. The summed E-state index contributed by atoms with van der Waals surface area (Å²) in [4.78, 5) is 12.1. The maximum atomic E-state index is 12.1. The molecule has 1 N–H and O–H groups in total. The van der Waals surface area contributed by atoms with E-state index in [2.05, 4.69) is 5.32 Å². The van der Waals surface area contributed by atoms with Gasteiger partial charge in [0.1, 0.15) is 6.54 Å². The van der Waals surface area contributed by atoms with Gasteiger partial charge in [0.15, 0.2) is 0 Å². The van der Waals surface area contributed by atoms with E-state index in [4.69, 9.17) is 11.6 Å². The zero-order valence-corrected chi connectivity index (χ0v) is 11.3. The fourth-order valence-corrected chi connectivity index (χ4v) is 3.18. The molecule has 3 aromatic rings. The molecular weight excluding hydrogens is 272 g/mol. The van der Waals surface area contributed by atoms with Gasteiger partial charge in [-0.25, -0.2) is 0 Å². The molecule has 2 aromatic carbocycles. The minimum atomic E-state index is -0.0337. The fourth-order valence-electron chi connectivity index (χ4n) is 2.82. The maximum absolute atomic E-state index is 12.1. The number of hydrogen-bond donors (Lipinski definition) is 1. The summed E-state index contributed by atoms with van der Waals surface area (Å²) in [5.41, 5.74) is 3.65. The highest BCUT2D eigenvalue weighted by molar-refractivity contribution is 6.39. The van der Waals surface area contributed by atoms with E-state index in [0.29, 0.717) is 5.02 Å². The van der Waals surface area contributed by atoms with Crippen LogP contribution >= 0.6 is 11.6 Å². The van der Waals surface area contributed by atoms with E-state index in [-0.39, 0.29) is 12.5 Å². The van der Waals surface area contributed by atoms with E-state index in [1.54, 1.807) is 0 Å². The van der Waals surface area contributed by atoms with E-state index in [0.717, 1.165) is 27.8 Å². The number of nitrogens with one attached hydrogen (secondary N) is 1. The van der Waals surface area contributed by atoms with E-state index in [9.17, 15) is 4.79 Å². The molecule has 0 spiro atoms. The normalized spacial score (nSPS) is 13.6. The molecule has 4 rings (SSSR count). The Kier molecular flexibility index (Phi) is 2.38. The lowest BCUT2D eigenvalue weighted by Crippen LogP contribution is -2.16. The van der Waals surface area contributed by atoms with Gasteiger partial charge >= 0.3 is 0 Å². The van der Waals surface area contributed by atoms with Gasteiger partial charge in [-0.05, 0) is 12.1 Å². The molecule has 0 unspecified atom stereocenters. The second-order valence-electron chi connectivity index (χ2n) is 4.86. The highest BCUT2D eigenvalue weighted by Crippen LogP contribution is 2.41. The molecule has 0 fully saturated rings. The number of aromatic nitrogens is 1. The number of para-hydroxylation sites is 2. The van der Waals surface area contributed by atoms with E-state index in [1.165, 1.54) is 0 Å². The monoisotopic (exact) mass is 282 g/mol. The van der Waals surface area contributed by atoms with Crippen molar-refractivity contribution >= 4 is 34.1 Å². The van der Waals surface area contributed by atoms with Crippen molar-refractivity contribution in [3.63, 3.8) is 0 Å². The molecular formula is C16H11ClN2O. The molecule has 1 aliphatic rings. The van der Waals surface area contributed by atoms with Crippen molar-refractivity contribution in [1.29, 1.82) is 0 Å². The Morgan fingerprint density at radius 1 is 1.05 bits per heavy atom. The van der Waals surface area contributed by atoms with Crippen LogP contribution in [0.3, 0.4) is 0 Å². The molecule has 0 atom stereocenters. The predicted octanol–water partition coefficient (Wildman–Crippen LogP) is 3.91. The number of carbonyl (C=O) groups excluding carboxylic acids is 1. The summed E-state index contributed by atoms with van der Waals surface area (Å²) < 4.78 is 1.98. The van der Waals surface area contributed by atoms with Gasteiger partial charge in [-0.3, -0.25) is 4.79 Å². The average molecular weight is 283 g/mol. The first-order valence-electron chi connectivity index (χ1n) is 6.41. The Hall–Kier alpha value is -2.26. The topological polar surface area (TPSA) is 34.0 Å². The molecule has 0 radical (unpaired) electrons. The van der Waals surface area contributed by atoms with Crippen LogP contribution in [0, 0.1) is 0 Å². The first-order valence-corrected chi connectivity index (χ1v) is 6.79. The summed E-state index contributed by atoms with van der Waals surface area (Å²) in [5, 5.41) is 4.61. The minimum absolute atomic E-state index is 0.0337. The van der Waals surface area contributed by atoms with E-state index < -0.39 is 0 Å². The van der Waals surface area contributed by atoms with Crippen molar-refractivity contribution in [1.82, 2.24) is 4.57 Å². The van der Waals surface area contributed by atoms with Crippen LogP contribution in [0.4, 0.5) is 5.69 Å². The minimum Gasteiger partial charge on any atom is -0.330 e. The van der Waals surface area contributed by atoms with Gasteiger partial charge in [0.05, 0.1) is 21.9 Å². The molecule has 1 aliphatic heterocycles. The number of benzene rings is 2. The Balaban J connectivity index is 2.17. The van der Waals surface area contributed by atoms with Crippen molar-refractivity contribution < 1.29 is 4.79 Å². The highest BCUT2D eigenvalue weighted by Gasteiger charge is 2.24. The van der Waals surface area contributed by atoms with E-state index in [1.807, 2.05) is 53.1 Å². The van der Waals surface area contributed by atoms with Crippen LogP contribution in [0.25, 0.3) is 22.2 Å². The summed E-state index contributed by atoms with van der Waals surface area (Å²) >= 11 is 6.56. The molecule has 2 heterocycles. The third kappa shape index (κ3) is 1.50. The lowest BCUT2D eigenvalue weighted by atomic mass is 10.1. The predicted molar refractivity (Wildman–Crippen MR) is 81.0 cm³/mol. The molecule has 98 valence electrons. The standard InChI is InChI=1S/C16H11ClN2O/c17-15-11-6-2-4-8-13(11)19-9-14(20)18-12-7-3-1-5-10(12)16(15)19/h1-8H,9H2,(H,18,20). The zero-order chi connectivity index (χ0) is 13.7. The smallest absolute Gasteiger partial charge is 0.244 e. The number of halogens is 1. The number of anilines is 1. The van der Waals surface area contributed by atoms with Crippen LogP contribution < -0.4 is 5.32 Å². The van der Waals surface area contributed by atoms with Gasteiger partial charge in [0.2, 0.25) is 5.91 Å².